The lowest BCUT2D eigenvalue weighted by Gasteiger charge is -2.08. The van der Waals surface area contributed by atoms with Crippen molar-refractivity contribution in [3.63, 3.8) is 0 Å². The molecule has 0 saturated carbocycles. The van der Waals surface area contributed by atoms with Gasteiger partial charge in [-0.1, -0.05) is 0 Å². The van der Waals surface area contributed by atoms with Crippen molar-refractivity contribution in [2.45, 2.75) is 27.3 Å². The number of anilines is 1. The highest BCUT2D eigenvalue weighted by molar-refractivity contribution is 14.1. The minimum atomic E-state index is -0.373. The second-order valence-corrected chi connectivity index (χ2v) is 6.07. The number of benzene rings is 1. The first-order chi connectivity index (χ1) is 10.9. The van der Waals surface area contributed by atoms with Crippen LogP contribution in [0, 0.1) is 17.4 Å². The number of halogens is 1. The van der Waals surface area contributed by atoms with Gasteiger partial charge >= 0.3 is 5.97 Å². The molecule has 6 nitrogen and oxygen atoms in total. The fraction of sp³-hybridized carbons (Fsp3) is 0.312. The Morgan fingerprint density at radius 1 is 1.26 bits per heavy atom. The predicted octanol–water partition coefficient (Wildman–Crippen LogP) is 2.92. The van der Waals surface area contributed by atoms with Gasteiger partial charge in [-0.15, -0.1) is 0 Å². The number of nitrogens with one attached hydrogen (secondary N) is 1. The number of aromatic nitrogens is 2. The van der Waals surface area contributed by atoms with Crippen molar-refractivity contribution < 1.29 is 14.3 Å². The fourth-order valence-corrected chi connectivity index (χ4v) is 2.46. The Bertz CT molecular complexity index is 723. The van der Waals surface area contributed by atoms with Crippen LogP contribution in [-0.4, -0.2) is 28.3 Å². The molecule has 1 amide bonds. The number of nitrogens with zero attached hydrogens (tertiary/aromatic N) is 2. The van der Waals surface area contributed by atoms with Gasteiger partial charge in [-0.2, -0.15) is 5.10 Å². The minimum absolute atomic E-state index is 0.148. The standard InChI is InChI=1S/C16H18IN3O3/c1-4-23-16(22)12-5-7-13(8-6-12)18-14(21)9-20-11(3)15(17)10(2)19-20/h5-8H,4,9H2,1-3H3,(H,18,21). The SMILES string of the molecule is CCOC(=O)c1ccc(NC(=O)Cn2nc(C)c(I)c2C)cc1. The zero-order valence-corrected chi connectivity index (χ0v) is 15.4. The molecule has 0 atom stereocenters. The van der Waals surface area contributed by atoms with Crippen LogP contribution < -0.4 is 5.32 Å². The maximum atomic E-state index is 12.1. The molecular formula is C16H18IN3O3. The molecule has 0 aliphatic heterocycles. The summed E-state index contributed by atoms with van der Waals surface area (Å²) in [5.41, 5.74) is 2.96. The molecule has 0 fully saturated rings. The van der Waals surface area contributed by atoms with Crippen LogP contribution in [0.1, 0.15) is 28.7 Å². The summed E-state index contributed by atoms with van der Waals surface area (Å²) < 4.78 is 7.66. The van der Waals surface area contributed by atoms with Gasteiger partial charge in [0.1, 0.15) is 6.54 Å². The van der Waals surface area contributed by atoms with Gasteiger partial charge in [-0.3, -0.25) is 9.48 Å². The summed E-state index contributed by atoms with van der Waals surface area (Å²) in [6.07, 6.45) is 0. The molecule has 1 aromatic carbocycles. The molecule has 1 aromatic heterocycles. The topological polar surface area (TPSA) is 73.2 Å². The normalized spacial score (nSPS) is 10.4. The summed E-state index contributed by atoms with van der Waals surface area (Å²) in [5.74, 6) is -0.543. The van der Waals surface area contributed by atoms with E-state index in [1.54, 1.807) is 35.9 Å². The van der Waals surface area contributed by atoms with Crippen molar-refractivity contribution in [3.8, 4) is 0 Å². The molecule has 0 unspecified atom stereocenters. The van der Waals surface area contributed by atoms with E-state index >= 15 is 0 Å². The number of carbonyl (C=O) groups is 2. The average molecular weight is 427 g/mol. The summed E-state index contributed by atoms with van der Waals surface area (Å²) in [7, 11) is 0. The second-order valence-electron chi connectivity index (χ2n) is 4.99. The summed E-state index contributed by atoms with van der Waals surface area (Å²) in [6.45, 7) is 6.08. The monoisotopic (exact) mass is 427 g/mol. The number of aryl methyl sites for hydroxylation is 1. The maximum Gasteiger partial charge on any atom is 0.338 e. The van der Waals surface area contributed by atoms with Gasteiger partial charge < -0.3 is 10.1 Å². The Morgan fingerprint density at radius 3 is 2.43 bits per heavy atom. The van der Waals surface area contributed by atoms with Gasteiger partial charge in [0, 0.05) is 11.4 Å². The minimum Gasteiger partial charge on any atom is -0.462 e. The first-order valence-electron chi connectivity index (χ1n) is 7.19. The van der Waals surface area contributed by atoms with Crippen molar-refractivity contribution in [3.05, 3.63) is 44.8 Å². The van der Waals surface area contributed by atoms with Crippen LogP contribution in [0.4, 0.5) is 5.69 Å². The van der Waals surface area contributed by atoms with Crippen LogP contribution in [0.15, 0.2) is 24.3 Å². The van der Waals surface area contributed by atoms with E-state index in [0.717, 1.165) is 15.0 Å². The second kappa shape index (κ2) is 7.58. The largest absolute Gasteiger partial charge is 0.462 e. The van der Waals surface area contributed by atoms with Crippen LogP contribution in [-0.2, 0) is 16.1 Å². The fourth-order valence-electron chi connectivity index (χ4n) is 2.07. The highest BCUT2D eigenvalue weighted by Gasteiger charge is 2.12. The van der Waals surface area contributed by atoms with E-state index in [1.807, 2.05) is 13.8 Å². The van der Waals surface area contributed by atoms with E-state index in [1.165, 1.54) is 0 Å². The molecule has 23 heavy (non-hydrogen) atoms. The van der Waals surface area contributed by atoms with E-state index in [2.05, 4.69) is 33.0 Å². The van der Waals surface area contributed by atoms with E-state index in [0.29, 0.717) is 17.9 Å². The molecule has 0 aliphatic carbocycles. The van der Waals surface area contributed by atoms with Gasteiger partial charge in [0.25, 0.3) is 0 Å². The van der Waals surface area contributed by atoms with Crippen LogP contribution in [0.3, 0.4) is 0 Å². The van der Waals surface area contributed by atoms with Crippen molar-refractivity contribution in [1.29, 1.82) is 0 Å². The van der Waals surface area contributed by atoms with E-state index in [9.17, 15) is 9.59 Å². The maximum absolute atomic E-state index is 12.1. The first-order valence-corrected chi connectivity index (χ1v) is 8.26. The zero-order chi connectivity index (χ0) is 17.0. The third-order valence-corrected chi connectivity index (χ3v) is 4.83. The van der Waals surface area contributed by atoms with Gasteiger partial charge in [0.2, 0.25) is 5.91 Å². The Balaban J connectivity index is 2.00. The number of ether oxygens (including phenoxy) is 1. The van der Waals surface area contributed by atoms with Crippen LogP contribution in [0.2, 0.25) is 0 Å². The lowest BCUT2D eigenvalue weighted by molar-refractivity contribution is -0.116. The van der Waals surface area contributed by atoms with E-state index in [4.69, 9.17) is 4.74 Å². The number of carbonyl (C=O) groups excluding carboxylic acids is 2. The molecule has 0 aliphatic rings. The van der Waals surface area contributed by atoms with Gasteiger partial charge in [-0.05, 0) is 67.6 Å². The number of hydrogen-bond acceptors (Lipinski definition) is 4. The highest BCUT2D eigenvalue weighted by atomic mass is 127. The number of esters is 1. The first kappa shape index (κ1) is 17.5. The molecule has 0 saturated heterocycles. The van der Waals surface area contributed by atoms with Crippen molar-refractivity contribution in [2.75, 3.05) is 11.9 Å². The average Bonchev–Trinajstić information content (AvgIpc) is 2.75. The Hall–Kier alpha value is -1.90. The van der Waals surface area contributed by atoms with Gasteiger partial charge in [-0.25, -0.2) is 4.79 Å². The molecule has 0 spiro atoms. The summed E-state index contributed by atoms with van der Waals surface area (Å²) in [4.78, 5) is 23.7. The zero-order valence-electron chi connectivity index (χ0n) is 13.2. The van der Waals surface area contributed by atoms with Gasteiger partial charge in [0.15, 0.2) is 0 Å². The molecule has 2 aromatic rings. The van der Waals surface area contributed by atoms with E-state index < -0.39 is 0 Å². The molecule has 1 N–H and O–H groups in total. The molecule has 0 radical (unpaired) electrons. The molecule has 0 bridgehead atoms. The quantitative estimate of drug-likeness (QED) is 0.589. The number of amides is 1. The predicted molar refractivity (Wildman–Crippen MR) is 95.4 cm³/mol. The van der Waals surface area contributed by atoms with Crippen LogP contribution >= 0.6 is 22.6 Å². The lowest BCUT2D eigenvalue weighted by atomic mass is 10.2. The van der Waals surface area contributed by atoms with Crippen molar-refractivity contribution >= 4 is 40.2 Å². The van der Waals surface area contributed by atoms with Crippen LogP contribution in [0.25, 0.3) is 0 Å². The third-order valence-electron chi connectivity index (χ3n) is 3.27. The Morgan fingerprint density at radius 2 is 1.91 bits per heavy atom. The summed E-state index contributed by atoms with van der Waals surface area (Å²) in [6, 6.07) is 6.60. The lowest BCUT2D eigenvalue weighted by Crippen LogP contribution is -2.20. The summed E-state index contributed by atoms with van der Waals surface area (Å²) >= 11 is 2.22. The highest BCUT2D eigenvalue weighted by Crippen LogP contribution is 2.15. The molecule has 7 heteroatoms. The Kier molecular flexibility index (Phi) is 5.75. The van der Waals surface area contributed by atoms with Crippen LogP contribution in [0.5, 0.6) is 0 Å². The Labute approximate surface area is 148 Å². The van der Waals surface area contributed by atoms with Crippen molar-refractivity contribution in [1.82, 2.24) is 9.78 Å². The molecule has 2 rings (SSSR count). The van der Waals surface area contributed by atoms with Crippen molar-refractivity contribution in [2.24, 2.45) is 0 Å². The molecule has 1 heterocycles. The van der Waals surface area contributed by atoms with E-state index in [-0.39, 0.29) is 18.4 Å². The number of rotatable bonds is 5. The molecular weight excluding hydrogens is 409 g/mol. The third kappa shape index (κ3) is 4.31. The summed E-state index contributed by atoms with van der Waals surface area (Å²) in [5, 5.41) is 7.13. The number of hydrogen-bond donors (Lipinski definition) is 1. The molecule has 122 valence electrons. The van der Waals surface area contributed by atoms with Gasteiger partial charge in [0.05, 0.1) is 21.4 Å². The smallest absolute Gasteiger partial charge is 0.338 e.